The zero-order valence-electron chi connectivity index (χ0n) is 52.9. The molecule has 2 saturated heterocycles. The minimum Gasteiger partial charge on any atom is -0.376 e. The zero-order valence-corrected chi connectivity index (χ0v) is 56.0. The van der Waals surface area contributed by atoms with Gasteiger partial charge in [0.1, 0.15) is 42.1 Å². The monoisotopic (exact) mass is 1430 g/mol. The van der Waals surface area contributed by atoms with Crippen molar-refractivity contribution in [1.29, 1.82) is 0 Å². The van der Waals surface area contributed by atoms with Gasteiger partial charge in [-0.3, -0.25) is 9.59 Å². The molecule has 0 bridgehead atoms. The lowest BCUT2D eigenvalue weighted by atomic mass is 9.95. The third-order valence-electron chi connectivity index (χ3n) is 16.9. The average Bonchev–Trinajstić information content (AvgIpc) is 1.60. The molecule has 4 aromatic carbocycles. The Morgan fingerprint density at radius 1 is 0.510 bits per heavy atom. The number of aromatic nitrogens is 9. The lowest BCUT2D eigenvalue weighted by Gasteiger charge is -2.33. The molecular weight excluding hydrogens is 1360 g/mol. The van der Waals surface area contributed by atoms with Crippen LogP contribution in [0.1, 0.15) is 80.0 Å². The SMILES string of the molecule is Cc1ccc(S(=O)(=O)n2ccc3c(NC4CCCCC4)ncnc32)cc1.Cc1ccc(S(=O)(=O)n2ccc3c(N[C@H]4CCCN(C(=O)CNc5cc(Cl)cc(C(F)(F)F)c5)C4)ncnc32)cc1.O=C(CNc1cc(Cl)cc(C(F)(F)F)c1)N1CCC[C@H](Nc2ncnc3[nH]ccc23)C1. The van der Waals surface area contributed by atoms with E-state index in [0.29, 0.717) is 67.1 Å². The van der Waals surface area contributed by atoms with Gasteiger partial charge in [0, 0.05) is 84.3 Å². The molecule has 22 nitrogen and oxygen atoms in total. The second-order valence-corrected chi connectivity index (χ2v) is 28.5. The molecule has 6 aromatic heterocycles. The number of piperidine rings is 2. The van der Waals surface area contributed by atoms with Crippen molar-refractivity contribution in [3.8, 4) is 0 Å². The molecule has 0 unspecified atom stereocenters. The topological polar surface area (TPSA) is 272 Å². The Morgan fingerprint density at radius 2 is 0.918 bits per heavy atom. The van der Waals surface area contributed by atoms with Crippen LogP contribution in [-0.2, 0) is 42.0 Å². The van der Waals surface area contributed by atoms with Crippen molar-refractivity contribution in [3.63, 3.8) is 0 Å². The summed E-state index contributed by atoms with van der Waals surface area (Å²) in [5.74, 6) is 1.36. The summed E-state index contributed by atoms with van der Waals surface area (Å²) >= 11 is 11.6. The number of hydrogen-bond acceptors (Lipinski definition) is 17. The van der Waals surface area contributed by atoms with Crippen molar-refractivity contribution in [3.05, 3.63) is 173 Å². The van der Waals surface area contributed by atoms with Crippen LogP contribution in [0.2, 0.25) is 10.0 Å². The largest absolute Gasteiger partial charge is 0.416 e. The van der Waals surface area contributed by atoms with Gasteiger partial charge in [0.15, 0.2) is 11.3 Å². The standard InChI is InChI=1S/C27H26ClF3N6O3S.C20H20ClF3N6O.C19H22N4O2S/c1-17-4-6-22(7-5-17)41(39,40)37-10-8-23-25(33-16-34-26(23)37)35-20-3-2-9-36(15-20)24(38)14-32-21-12-18(27(29,30)31)11-19(28)13-21;21-13-6-12(20(22,23)24)7-15(8-13)26-9-17(31)30-5-1-2-14(10-30)29-19-16-3-4-25-18(16)27-11-28-19;1-14-7-9-16(10-8-14)26(24,25)23-12-11-17-18(20-13-21-19(17)23)22-15-5-3-2-4-6-15/h4-8,10-13,16,20,32H,2-3,9,14-15H2,1H3,(H,33,34,35);3-4,6-8,11,14,26H,1-2,5,9-10H2,(H2,25,27,28,29);7-13,15H,2-6H2,1H3,(H,20,21,22)/t20-;14-;/m00./s1. The number of hydrogen-bond donors (Lipinski definition) is 6. The van der Waals surface area contributed by atoms with E-state index in [1.165, 1.54) is 60.5 Å². The number of halogens is 8. The first kappa shape index (κ1) is 70.1. The molecule has 2 aliphatic heterocycles. The van der Waals surface area contributed by atoms with Crippen molar-refractivity contribution < 1.29 is 52.8 Å². The molecule has 3 fully saturated rings. The zero-order chi connectivity index (χ0) is 69.5. The van der Waals surface area contributed by atoms with Crippen molar-refractivity contribution in [2.45, 2.75) is 112 Å². The Labute approximate surface area is 570 Å². The van der Waals surface area contributed by atoms with Gasteiger partial charge in [0.05, 0.1) is 50.2 Å². The summed E-state index contributed by atoms with van der Waals surface area (Å²) in [6.45, 7) is 5.35. The molecule has 2 atom stereocenters. The number of likely N-dealkylation sites (tertiary alicyclic amines) is 2. The van der Waals surface area contributed by atoms with Crippen LogP contribution >= 0.6 is 23.2 Å². The number of anilines is 5. The van der Waals surface area contributed by atoms with Gasteiger partial charge in [-0.25, -0.2) is 54.7 Å². The van der Waals surface area contributed by atoms with Gasteiger partial charge >= 0.3 is 12.4 Å². The molecule has 1 saturated carbocycles. The van der Waals surface area contributed by atoms with E-state index in [1.54, 1.807) is 82.9 Å². The third kappa shape index (κ3) is 16.8. The van der Waals surface area contributed by atoms with E-state index in [0.717, 1.165) is 87.9 Å². The third-order valence-corrected chi connectivity index (χ3v) is 20.7. The van der Waals surface area contributed by atoms with Crippen LogP contribution in [-0.4, -0.2) is 139 Å². The van der Waals surface area contributed by atoms with Gasteiger partial charge in [0.25, 0.3) is 20.0 Å². The molecule has 8 heterocycles. The van der Waals surface area contributed by atoms with Gasteiger partial charge in [-0.05, 0) is 131 Å². The van der Waals surface area contributed by atoms with Gasteiger partial charge in [-0.2, -0.15) is 26.3 Å². The number of nitrogens with one attached hydrogen (secondary N) is 6. The fraction of sp³-hybridized carbons (Fsp3) is 0.333. The van der Waals surface area contributed by atoms with Crippen LogP contribution in [0.25, 0.3) is 33.1 Å². The summed E-state index contributed by atoms with van der Waals surface area (Å²) in [5.41, 5.74) is 1.78. The molecule has 98 heavy (non-hydrogen) atoms. The van der Waals surface area contributed by atoms with Gasteiger partial charge in [-0.1, -0.05) is 77.9 Å². The number of alkyl halides is 6. The summed E-state index contributed by atoms with van der Waals surface area (Å²) < 4.78 is 133. The lowest BCUT2D eigenvalue weighted by Crippen LogP contribution is -2.47. The maximum atomic E-state index is 13.3. The average molecular weight is 1430 g/mol. The van der Waals surface area contributed by atoms with Crippen molar-refractivity contribution in [2.24, 2.45) is 0 Å². The number of H-pyrrole nitrogens is 1. The summed E-state index contributed by atoms with van der Waals surface area (Å²) in [6.07, 6.45) is 8.93. The number of aryl methyl sites for hydroxylation is 2. The highest BCUT2D eigenvalue weighted by molar-refractivity contribution is 7.90. The maximum absolute atomic E-state index is 13.3. The van der Waals surface area contributed by atoms with Gasteiger partial charge in [0.2, 0.25) is 11.8 Å². The van der Waals surface area contributed by atoms with E-state index in [9.17, 15) is 52.8 Å². The summed E-state index contributed by atoms with van der Waals surface area (Å²) in [5, 5.41) is 17.6. The first-order valence-corrected chi connectivity index (χ1v) is 35.1. The highest BCUT2D eigenvalue weighted by Crippen LogP contribution is 2.36. The highest BCUT2D eigenvalue weighted by Gasteiger charge is 2.34. The van der Waals surface area contributed by atoms with E-state index in [2.05, 4.69) is 61.5 Å². The number of nitrogens with zero attached hydrogens (tertiary/aromatic N) is 10. The first-order valence-electron chi connectivity index (χ1n) is 31.4. The van der Waals surface area contributed by atoms with Crippen LogP contribution in [0.5, 0.6) is 0 Å². The number of benzene rings is 4. The number of carbonyl (C=O) groups excluding carboxylic acids is 2. The maximum Gasteiger partial charge on any atom is 0.416 e. The first-order chi connectivity index (χ1) is 46.8. The molecule has 32 heteroatoms. The van der Waals surface area contributed by atoms with E-state index >= 15 is 0 Å². The Hall–Kier alpha value is -9.26. The number of fused-ring (bicyclic) bond motifs is 3. The molecule has 2 amide bonds. The molecule has 10 aromatic rings. The molecule has 6 N–H and O–H groups in total. The molecule has 0 spiro atoms. The second-order valence-electron chi connectivity index (χ2n) is 24.0. The quantitative estimate of drug-likeness (QED) is 0.0491. The molecule has 516 valence electrons. The fourth-order valence-corrected chi connectivity index (χ4v) is 14.9. The number of aromatic amines is 1. The number of amides is 2. The summed E-state index contributed by atoms with van der Waals surface area (Å²) in [4.78, 5) is 57.8. The van der Waals surface area contributed by atoms with Crippen LogP contribution in [0, 0.1) is 13.8 Å². The van der Waals surface area contributed by atoms with E-state index in [4.69, 9.17) is 23.2 Å². The van der Waals surface area contributed by atoms with Crippen LogP contribution in [0.4, 0.5) is 55.2 Å². The smallest absolute Gasteiger partial charge is 0.376 e. The van der Waals surface area contributed by atoms with E-state index in [1.807, 2.05) is 19.9 Å². The van der Waals surface area contributed by atoms with Crippen LogP contribution in [0.15, 0.2) is 150 Å². The summed E-state index contributed by atoms with van der Waals surface area (Å²) in [7, 11) is -7.57. The van der Waals surface area contributed by atoms with Gasteiger partial charge < -0.3 is 41.4 Å². The normalized spacial score (nSPS) is 16.4. The molecule has 1 aliphatic carbocycles. The molecule has 0 radical (unpaired) electrons. The molecule has 13 rings (SSSR count). The minimum atomic E-state index is -4.56. The Kier molecular flexibility index (Phi) is 21.3. The predicted octanol–water partition coefficient (Wildman–Crippen LogP) is 13.0. The molecule has 3 aliphatic rings. The van der Waals surface area contributed by atoms with Gasteiger partial charge in [-0.15, -0.1) is 0 Å². The Bertz CT molecular complexity index is 4730. The Morgan fingerprint density at radius 3 is 1.36 bits per heavy atom. The summed E-state index contributed by atoms with van der Waals surface area (Å²) in [6, 6.07) is 25.1. The number of rotatable bonds is 16. The van der Waals surface area contributed by atoms with Crippen molar-refractivity contribution in [1.82, 2.24) is 52.6 Å². The second kappa shape index (κ2) is 29.8. The number of carbonyl (C=O) groups is 2. The van der Waals surface area contributed by atoms with Crippen molar-refractivity contribution in [2.75, 3.05) is 65.9 Å². The van der Waals surface area contributed by atoms with Crippen LogP contribution < -0.4 is 26.6 Å². The van der Waals surface area contributed by atoms with Crippen molar-refractivity contribution >= 4 is 117 Å². The fourth-order valence-electron chi connectivity index (χ4n) is 11.9. The Balaban J connectivity index is 0.000000153. The van der Waals surface area contributed by atoms with Crippen LogP contribution in [0.3, 0.4) is 0 Å². The predicted molar refractivity (Wildman–Crippen MR) is 363 cm³/mol. The lowest BCUT2D eigenvalue weighted by molar-refractivity contribution is -0.138. The highest BCUT2D eigenvalue weighted by atomic mass is 35.5. The van der Waals surface area contributed by atoms with E-state index in [-0.39, 0.29) is 73.8 Å². The molecular formula is C66H68Cl2F6N16O6S2. The minimum absolute atomic E-state index is 0.00806. The van der Waals surface area contributed by atoms with E-state index < -0.39 is 43.5 Å².